The summed E-state index contributed by atoms with van der Waals surface area (Å²) in [6.07, 6.45) is 2.46. The fourth-order valence-corrected chi connectivity index (χ4v) is 2.70. The molecule has 0 aliphatic carbocycles. The summed E-state index contributed by atoms with van der Waals surface area (Å²) >= 11 is 1.68. The van der Waals surface area contributed by atoms with Crippen molar-refractivity contribution in [2.75, 3.05) is 38.0 Å². The second-order valence-electron chi connectivity index (χ2n) is 4.82. The molecule has 0 saturated carbocycles. The van der Waals surface area contributed by atoms with Gasteiger partial charge in [0, 0.05) is 31.7 Å². The van der Waals surface area contributed by atoms with Crippen LogP contribution in [-0.4, -0.2) is 38.8 Å². The van der Waals surface area contributed by atoms with Crippen LogP contribution in [0.2, 0.25) is 0 Å². The molecule has 0 aliphatic rings. The van der Waals surface area contributed by atoms with E-state index in [-0.39, 0.29) is 6.03 Å². The van der Waals surface area contributed by atoms with Crippen molar-refractivity contribution < 1.29 is 9.53 Å². The van der Waals surface area contributed by atoms with Gasteiger partial charge in [-0.3, -0.25) is 0 Å². The quantitative estimate of drug-likeness (QED) is 0.858. The van der Waals surface area contributed by atoms with Crippen LogP contribution in [-0.2, 0) is 6.42 Å². The molecule has 118 valence electrons. The Kier molecular flexibility index (Phi) is 5.60. The molecule has 0 aromatic carbocycles. The van der Waals surface area contributed by atoms with Crippen molar-refractivity contribution in [3.63, 3.8) is 0 Å². The number of rotatable bonds is 6. The van der Waals surface area contributed by atoms with Gasteiger partial charge in [0.05, 0.1) is 12.8 Å². The first kappa shape index (κ1) is 16.1. The molecule has 2 rings (SSSR count). The summed E-state index contributed by atoms with van der Waals surface area (Å²) in [5.41, 5.74) is 1.39. The maximum atomic E-state index is 12.1. The van der Waals surface area contributed by atoms with E-state index in [1.54, 1.807) is 17.5 Å². The molecule has 2 aromatic heterocycles. The number of aromatic nitrogens is 1. The van der Waals surface area contributed by atoms with E-state index in [9.17, 15) is 4.79 Å². The number of urea groups is 1. The van der Waals surface area contributed by atoms with Gasteiger partial charge in [0.1, 0.15) is 5.69 Å². The molecular formula is C15H20N4O2S. The van der Waals surface area contributed by atoms with Crippen LogP contribution in [0.5, 0.6) is 5.88 Å². The van der Waals surface area contributed by atoms with E-state index >= 15 is 0 Å². The Bertz CT molecular complexity index is 614. The van der Waals surface area contributed by atoms with E-state index in [2.05, 4.69) is 21.7 Å². The Morgan fingerprint density at radius 3 is 2.86 bits per heavy atom. The van der Waals surface area contributed by atoms with E-state index in [4.69, 9.17) is 4.74 Å². The zero-order valence-corrected chi connectivity index (χ0v) is 13.7. The third-order valence-electron chi connectivity index (χ3n) is 3.04. The van der Waals surface area contributed by atoms with Crippen LogP contribution in [0.3, 0.4) is 0 Å². The van der Waals surface area contributed by atoms with Crippen LogP contribution >= 0.6 is 11.3 Å². The van der Waals surface area contributed by atoms with Gasteiger partial charge in [-0.15, -0.1) is 11.3 Å². The summed E-state index contributed by atoms with van der Waals surface area (Å²) in [5.74, 6) is 0.389. The van der Waals surface area contributed by atoms with Crippen molar-refractivity contribution in [1.29, 1.82) is 0 Å². The molecule has 0 spiro atoms. The molecule has 22 heavy (non-hydrogen) atoms. The van der Waals surface area contributed by atoms with Crippen molar-refractivity contribution in [1.82, 2.24) is 10.3 Å². The Hall–Kier alpha value is -2.28. The highest BCUT2D eigenvalue weighted by Crippen LogP contribution is 2.31. The number of nitrogens with one attached hydrogen (secondary N) is 2. The molecule has 0 radical (unpaired) electrons. The third kappa shape index (κ3) is 4.11. The van der Waals surface area contributed by atoms with Gasteiger partial charge in [0.15, 0.2) is 0 Å². The minimum Gasteiger partial charge on any atom is -0.479 e. The first-order chi connectivity index (χ1) is 10.6. The van der Waals surface area contributed by atoms with Crippen LogP contribution < -0.4 is 20.3 Å². The summed E-state index contributed by atoms with van der Waals surface area (Å²) in [4.78, 5) is 19.3. The van der Waals surface area contributed by atoms with E-state index in [1.165, 1.54) is 12.0 Å². The molecule has 2 aromatic rings. The fourth-order valence-electron chi connectivity index (χ4n) is 1.99. The molecule has 0 saturated heterocycles. The van der Waals surface area contributed by atoms with Gasteiger partial charge < -0.3 is 20.3 Å². The smallest absolute Gasteiger partial charge is 0.319 e. The molecule has 0 aliphatic heterocycles. The highest BCUT2D eigenvalue weighted by molar-refractivity contribution is 7.09. The van der Waals surface area contributed by atoms with E-state index in [0.717, 1.165) is 12.1 Å². The van der Waals surface area contributed by atoms with Crippen LogP contribution in [0.1, 0.15) is 4.88 Å². The first-order valence-corrected chi connectivity index (χ1v) is 7.77. The van der Waals surface area contributed by atoms with Crippen molar-refractivity contribution in [2.24, 2.45) is 0 Å². The average molecular weight is 320 g/mol. The van der Waals surface area contributed by atoms with Gasteiger partial charge in [-0.05, 0) is 23.9 Å². The number of carbonyl (C=O) groups excluding carboxylic acids is 1. The maximum absolute atomic E-state index is 12.1. The van der Waals surface area contributed by atoms with Gasteiger partial charge >= 0.3 is 6.03 Å². The normalized spacial score (nSPS) is 10.1. The van der Waals surface area contributed by atoms with Crippen LogP contribution in [0.25, 0.3) is 0 Å². The number of methoxy groups -OCH3 is 1. The zero-order valence-electron chi connectivity index (χ0n) is 12.9. The first-order valence-electron chi connectivity index (χ1n) is 6.89. The third-order valence-corrected chi connectivity index (χ3v) is 3.98. The lowest BCUT2D eigenvalue weighted by Crippen LogP contribution is -2.31. The van der Waals surface area contributed by atoms with Gasteiger partial charge in [-0.2, -0.15) is 0 Å². The van der Waals surface area contributed by atoms with Gasteiger partial charge in [-0.25, -0.2) is 9.78 Å². The number of thiophene rings is 1. The summed E-state index contributed by atoms with van der Waals surface area (Å²) in [7, 11) is 5.32. The van der Waals surface area contributed by atoms with Gasteiger partial charge in [0.2, 0.25) is 5.88 Å². The second kappa shape index (κ2) is 7.65. The number of amides is 2. The van der Waals surface area contributed by atoms with E-state index in [0.29, 0.717) is 18.1 Å². The monoisotopic (exact) mass is 320 g/mol. The SMILES string of the molecule is COc1nccc(N(C)C)c1NC(=O)NCCc1cccs1. The fraction of sp³-hybridized carbons (Fsp3) is 0.333. The van der Waals surface area contributed by atoms with Crippen LogP contribution in [0.15, 0.2) is 29.8 Å². The molecule has 0 fully saturated rings. The summed E-state index contributed by atoms with van der Waals surface area (Å²) in [6.45, 7) is 0.576. The molecule has 0 atom stereocenters. The lowest BCUT2D eigenvalue weighted by molar-refractivity contribution is 0.252. The zero-order chi connectivity index (χ0) is 15.9. The van der Waals surface area contributed by atoms with Crippen molar-refractivity contribution >= 4 is 28.7 Å². The van der Waals surface area contributed by atoms with Crippen molar-refractivity contribution in [3.8, 4) is 5.88 Å². The maximum Gasteiger partial charge on any atom is 0.319 e. The molecular weight excluding hydrogens is 300 g/mol. The lowest BCUT2D eigenvalue weighted by atomic mass is 10.3. The minimum atomic E-state index is -0.272. The topological polar surface area (TPSA) is 66.5 Å². The number of anilines is 2. The predicted octanol–water partition coefficient (Wildman–Crippen LogP) is 2.58. The molecule has 0 bridgehead atoms. The van der Waals surface area contributed by atoms with E-state index in [1.807, 2.05) is 36.5 Å². The Balaban J connectivity index is 1.98. The number of nitrogens with zero attached hydrogens (tertiary/aromatic N) is 2. The molecule has 0 unspecified atom stereocenters. The number of carbonyl (C=O) groups is 1. The second-order valence-corrected chi connectivity index (χ2v) is 5.85. The van der Waals surface area contributed by atoms with Crippen LogP contribution in [0, 0.1) is 0 Å². The number of ether oxygens (including phenoxy) is 1. The summed E-state index contributed by atoms with van der Waals surface area (Å²) < 4.78 is 5.22. The highest BCUT2D eigenvalue weighted by atomic mass is 32.1. The number of hydrogen-bond donors (Lipinski definition) is 2. The predicted molar refractivity (Wildman–Crippen MR) is 90.2 cm³/mol. The molecule has 2 amide bonds. The van der Waals surface area contributed by atoms with Crippen molar-refractivity contribution in [3.05, 3.63) is 34.7 Å². The number of hydrogen-bond acceptors (Lipinski definition) is 5. The number of pyridine rings is 1. The standard InChI is InChI=1S/C15H20N4O2S/c1-19(2)12-7-9-16-14(21-3)13(12)18-15(20)17-8-6-11-5-4-10-22-11/h4-5,7,9-10H,6,8H2,1-3H3,(H2,17,18,20). The van der Waals surface area contributed by atoms with Crippen molar-refractivity contribution in [2.45, 2.75) is 6.42 Å². The van der Waals surface area contributed by atoms with Crippen LogP contribution in [0.4, 0.5) is 16.2 Å². The molecule has 6 nitrogen and oxygen atoms in total. The summed E-state index contributed by atoms with van der Waals surface area (Å²) in [5, 5.41) is 7.68. The highest BCUT2D eigenvalue weighted by Gasteiger charge is 2.14. The minimum absolute atomic E-state index is 0.272. The Morgan fingerprint density at radius 1 is 1.41 bits per heavy atom. The average Bonchev–Trinajstić information content (AvgIpc) is 3.00. The lowest BCUT2D eigenvalue weighted by Gasteiger charge is -2.19. The molecule has 7 heteroatoms. The van der Waals surface area contributed by atoms with Gasteiger partial charge in [0.25, 0.3) is 0 Å². The molecule has 2 N–H and O–H groups in total. The largest absolute Gasteiger partial charge is 0.479 e. The Morgan fingerprint density at radius 2 is 2.23 bits per heavy atom. The van der Waals surface area contributed by atoms with E-state index < -0.39 is 0 Å². The Labute approximate surface area is 134 Å². The molecule has 2 heterocycles. The van der Waals surface area contributed by atoms with Gasteiger partial charge in [-0.1, -0.05) is 6.07 Å². The summed E-state index contributed by atoms with van der Waals surface area (Å²) in [6, 6.07) is 5.61.